The molecule has 2 aliphatic heterocycles. The second-order valence-electron chi connectivity index (χ2n) is 8.11. The number of benzene rings is 2. The predicted molar refractivity (Wildman–Crippen MR) is 112 cm³/mol. The lowest BCUT2D eigenvalue weighted by molar-refractivity contribution is 0.222. The zero-order valence-electron chi connectivity index (χ0n) is 16.9. The molecule has 0 N–H and O–H groups in total. The number of nitrogens with zero attached hydrogens (tertiary/aromatic N) is 2. The van der Waals surface area contributed by atoms with Crippen molar-refractivity contribution in [2.75, 3.05) is 21.3 Å². The molecule has 3 aromatic rings. The predicted octanol–water partition coefficient (Wildman–Crippen LogP) is 4.59. The van der Waals surface area contributed by atoms with Gasteiger partial charge in [-0.05, 0) is 67.8 Å². The minimum Gasteiger partial charge on any atom is -0.497 e. The fourth-order valence-electron chi connectivity index (χ4n) is 5.25. The number of ether oxygens (including phenoxy) is 2. The first-order valence-electron chi connectivity index (χ1n) is 10.2. The van der Waals surface area contributed by atoms with Crippen molar-refractivity contribution in [3.63, 3.8) is 0 Å². The normalized spacial score (nSPS) is 21.1. The van der Waals surface area contributed by atoms with Crippen LogP contribution in [0.2, 0.25) is 0 Å². The molecule has 5 rings (SSSR count). The summed E-state index contributed by atoms with van der Waals surface area (Å²) in [5.41, 5.74) is 5.78. The van der Waals surface area contributed by atoms with Crippen molar-refractivity contribution in [1.82, 2.24) is 9.47 Å². The fourth-order valence-corrected chi connectivity index (χ4v) is 5.25. The lowest BCUT2D eigenvalue weighted by Crippen LogP contribution is -2.34. The van der Waals surface area contributed by atoms with Gasteiger partial charge in [-0.2, -0.15) is 0 Å². The van der Waals surface area contributed by atoms with Gasteiger partial charge in [0.05, 0.1) is 14.2 Å². The van der Waals surface area contributed by atoms with Crippen molar-refractivity contribution >= 4 is 10.9 Å². The minimum atomic E-state index is 0.547. The number of rotatable bonds is 5. The van der Waals surface area contributed by atoms with Gasteiger partial charge in [0.1, 0.15) is 11.5 Å². The van der Waals surface area contributed by atoms with E-state index in [2.05, 4.69) is 59.0 Å². The average molecular weight is 377 g/mol. The third-order valence-electron chi connectivity index (χ3n) is 6.81. The van der Waals surface area contributed by atoms with Crippen LogP contribution >= 0.6 is 0 Å². The van der Waals surface area contributed by atoms with Gasteiger partial charge in [0, 0.05) is 41.6 Å². The van der Waals surface area contributed by atoms with Gasteiger partial charge in [-0.15, -0.1) is 0 Å². The summed E-state index contributed by atoms with van der Waals surface area (Å²) in [5.74, 6) is 1.87. The molecule has 0 radical (unpaired) electrons. The van der Waals surface area contributed by atoms with E-state index < -0.39 is 0 Å². The van der Waals surface area contributed by atoms with Crippen molar-refractivity contribution in [2.24, 2.45) is 0 Å². The van der Waals surface area contributed by atoms with Crippen LogP contribution in [0.5, 0.6) is 11.5 Å². The Balaban J connectivity index is 1.55. The molecule has 0 saturated carbocycles. The molecule has 2 bridgehead atoms. The molecule has 1 aromatic heterocycles. The van der Waals surface area contributed by atoms with E-state index in [1.807, 2.05) is 0 Å². The van der Waals surface area contributed by atoms with Crippen LogP contribution in [-0.2, 0) is 19.4 Å². The van der Waals surface area contributed by atoms with Gasteiger partial charge >= 0.3 is 0 Å². The molecule has 4 heteroatoms. The van der Waals surface area contributed by atoms with E-state index in [-0.39, 0.29) is 0 Å². The number of aryl methyl sites for hydroxylation is 2. The number of hydrogen-bond donors (Lipinski definition) is 0. The fraction of sp³-hybridized carbons (Fsp3) is 0.417. The maximum atomic E-state index is 5.55. The Morgan fingerprint density at radius 2 is 1.71 bits per heavy atom. The van der Waals surface area contributed by atoms with E-state index in [1.54, 1.807) is 25.5 Å². The Bertz CT molecular complexity index is 1010. The minimum absolute atomic E-state index is 0.547. The van der Waals surface area contributed by atoms with Crippen LogP contribution in [0.4, 0.5) is 0 Å². The standard InChI is InChI=1S/C24H28N2O2/c1-25-17-6-10-22(25)24-20-15-19(28-3)9-11-21(20)26(23(24)14-17)13-12-16-4-7-18(27-2)8-5-16/h4-5,7-9,11,15,17,22H,6,10,12-14H2,1-3H3. The molecule has 2 atom stereocenters. The molecule has 0 amide bonds. The quantitative estimate of drug-likeness (QED) is 0.651. The summed E-state index contributed by atoms with van der Waals surface area (Å²) in [5, 5.41) is 1.38. The second kappa shape index (κ2) is 6.85. The Morgan fingerprint density at radius 3 is 2.46 bits per heavy atom. The topological polar surface area (TPSA) is 26.6 Å². The maximum absolute atomic E-state index is 5.55. The highest BCUT2D eigenvalue weighted by atomic mass is 16.5. The summed E-state index contributed by atoms with van der Waals surface area (Å²) in [6.07, 6.45) is 4.75. The zero-order valence-corrected chi connectivity index (χ0v) is 16.9. The van der Waals surface area contributed by atoms with Crippen molar-refractivity contribution < 1.29 is 9.47 Å². The molecule has 146 valence electrons. The molecule has 0 spiro atoms. The summed E-state index contributed by atoms with van der Waals surface area (Å²) in [6, 6.07) is 16.3. The summed E-state index contributed by atoms with van der Waals surface area (Å²) in [6.45, 7) is 1.01. The lowest BCUT2D eigenvalue weighted by atomic mass is 9.97. The summed E-state index contributed by atoms with van der Waals surface area (Å²) in [4.78, 5) is 2.59. The van der Waals surface area contributed by atoms with Gasteiger partial charge in [-0.25, -0.2) is 0 Å². The molecule has 2 unspecified atom stereocenters. The Hall–Kier alpha value is -2.46. The monoisotopic (exact) mass is 376 g/mol. The van der Waals surface area contributed by atoms with Crippen LogP contribution in [-0.4, -0.2) is 36.8 Å². The van der Waals surface area contributed by atoms with E-state index in [0.717, 1.165) is 30.9 Å². The van der Waals surface area contributed by atoms with Gasteiger partial charge in [0.15, 0.2) is 0 Å². The third kappa shape index (κ3) is 2.70. The van der Waals surface area contributed by atoms with Gasteiger partial charge in [-0.1, -0.05) is 12.1 Å². The van der Waals surface area contributed by atoms with Crippen LogP contribution < -0.4 is 9.47 Å². The number of fused-ring (bicyclic) bond motifs is 6. The Kier molecular flexibility index (Phi) is 4.31. The number of aromatic nitrogens is 1. The van der Waals surface area contributed by atoms with Crippen molar-refractivity contribution in [3.8, 4) is 11.5 Å². The maximum Gasteiger partial charge on any atom is 0.119 e. The van der Waals surface area contributed by atoms with Crippen molar-refractivity contribution in [1.29, 1.82) is 0 Å². The first-order valence-corrected chi connectivity index (χ1v) is 10.2. The van der Waals surface area contributed by atoms with Gasteiger partial charge < -0.3 is 14.0 Å². The van der Waals surface area contributed by atoms with Crippen LogP contribution in [0, 0.1) is 0 Å². The van der Waals surface area contributed by atoms with E-state index >= 15 is 0 Å². The highest BCUT2D eigenvalue weighted by Crippen LogP contribution is 2.47. The second-order valence-corrected chi connectivity index (χ2v) is 8.11. The average Bonchev–Trinajstić information content (AvgIpc) is 3.15. The largest absolute Gasteiger partial charge is 0.497 e. The third-order valence-corrected chi connectivity index (χ3v) is 6.81. The molecule has 4 nitrogen and oxygen atoms in total. The summed E-state index contributed by atoms with van der Waals surface area (Å²) >= 11 is 0. The molecule has 2 aromatic carbocycles. The molecule has 28 heavy (non-hydrogen) atoms. The van der Waals surface area contributed by atoms with Crippen LogP contribution in [0.15, 0.2) is 42.5 Å². The molecule has 2 aliphatic rings. The lowest BCUT2D eigenvalue weighted by Gasteiger charge is -2.32. The van der Waals surface area contributed by atoms with Crippen molar-refractivity contribution in [2.45, 2.75) is 44.3 Å². The molecule has 3 heterocycles. The Labute approximate surface area is 166 Å². The molecule has 0 aliphatic carbocycles. The van der Waals surface area contributed by atoms with Gasteiger partial charge in [0.25, 0.3) is 0 Å². The molecular weight excluding hydrogens is 348 g/mol. The molecule has 1 saturated heterocycles. The van der Waals surface area contributed by atoms with Crippen LogP contribution in [0.25, 0.3) is 10.9 Å². The summed E-state index contributed by atoms with van der Waals surface area (Å²) in [7, 11) is 5.77. The Morgan fingerprint density at radius 1 is 0.964 bits per heavy atom. The molecular formula is C24H28N2O2. The number of hydrogen-bond acceptors (Lipinski definition) is 3. The van der Waals surface area contributed by atoms with Gasteiger partial charge in [0.2, 0.25) is 0 Å². The highest BCUT2D eigenvalue weighted by molar-refractivity contribution is 5.88. The first-order chi connectivity index (χ1) is 13.7. The first kappa shape index (κ1) is 17.6. The van der Waals surface area contributed by atoms with Crippen LogP contribution in [0.1, 0.15) is 35.7 Å². The van der Waals surface area contributed by atoms with E-state index in [1.165, 1.54) is 29.3 Å². The SMILES string of the molecule is COc1ccc(CCn2c3c(c4cc(OC)ccc42)C2CCC(C3)N2C)cc1. The zero-order chi connectivity index (χ0) is 19.3. The summed E-state index contributed by atoms with van der Waals surface area (Å²) < 4.78 is 13.4. The highest BCUT2D eigenvalue weighted by Gasteiger charge is 2.40. The number of likely N-dealkylation sites (N-methyl/N-ethyl adjacent to an activating group) is 1. The smallest absolute Gasteiger partial charge is 0.119 e. The van der Waals surface area contributed by atoms with Crippen LogP contribution in [0.3, 0.4) is 0 Å². The van der Waals surface area contributed by atoms with E-state index in [4.69, 9.17) is 9.47 Å². The number of methoxy groups -OCH3 is 2. The molecule has 1 fully saturated rings. The van der Waals surface area contributed by atoms with E-state index in [9.17, 15) is 0 Å². The van der Waals surface area contributed by atoms with E-state index in [0.29, 0.717) is 12.1 Å². The van der Waals surface area contributed by atoms with Crippen molar-refractivity contribution in [3.05, 3.63) is 59.3 Å². The van der Waals surface area contributed by atoms with Gasteiger partial charge in [-0.3, -0.25) is 4.90 Å².